The second-order valence-electron chi connectivity index (χ2n) is 5.75. The summed E-state index contributed by atoms with van der Waals surface area (Å²) in [5, 5.41) is 3.42. The van der Waals surface area contributed by atoms with Gasteiger partial charge in [-0.15, -0.1) is 0 Å². The van der Waals surface area contributed by atoms with Crippen LogP contribution in [0.1, 0.15) is 40.0 Å². The third-order valence-electron chi connectivity index (χ3n) is 3.85. The fraction of sp³-hybridized carbons (Fsp3) is 1.00. The fourth-order valence-corrected chi connectivity index (χ4v) is 2.86. The summed E-state index contributed by atoms with van der Waals surface area (Å²) in [4.78, 5) is 0. The molecular formula is C11H19F2N. The van der Waals surface area contributed by atoms with Crippen molar-refractivity contribution in [2.45, 2.75) is 51.5 Å². The lowest BCUT2D eigenvalue weighted by molar-refractivity contribution is -0.277. The Kier molecular flexibility index (Phi) is 1.98. The summed E-state index contributed by atoms with van der Waals surface area (Å²) in [7, 11) is 0. The average Bonchev–Trinajstić information content (AvgIpc) is 1.76. The number of halogens is 2. The molecule has 14 heavy (non-hydrogen) atoms. The van der Waals surface area contributed by atoms with E-state index in [0.29, 0.717) is 25.2 Å². The second kappa shape index (κ2) is 2.69. The zero-order valence-corrected chi connectivity index (χ0v) is 9.16. The molecule has 1 nitrogen and oxygen atoms in total. The lowest BCUT2D eigenvalue weighted by Gasteiger charge is -2.72. The van der Waals surface area contributed by atoms with Crippen molar-refractivity contribution in [3.8, 4) is 0 Å². The maximum Gasteiger partial charge on any atom is 0.251 e. The molecule has 3 fully saturated rings. The zero-order valence-electron chi connectivity index (χ0n) is 9.16. The van der Waals surface area contributed by atoms with Crippen LogP contribution in [0.4, 0.5) is 8.78 Å². The van der Waals surface area contributed by atoms with Crippen molar-refractivity contribution < 1.29 is 8.78 Å². The lowest BCUT2D eigenvalue weighted by Crippen LogP contribution is -2.78. The molecule has 3 aliphatic rings. The Balaban J connectivity index is 1.83. The molecule has 0 aliphatic heterocycles. The third kappa shape index (κ3) is 1.28. The predicted octanol–water partition coefficient (Wildman–Crippen LogP) is 2.81. The smallest absolute Gasteiger partial charge is 0.251 e. The van der Waals surface area contributed by atoms with Gasteiger partial charge in [0.1, 0.15) is 0 Å². The Morgan fingerprint density at radius 2 is 1.79 bits per heavy atom. The van der Waals surface area contributed by atoms with Gasteiger partial charge in [-0.1, -0.05) is 13.8 Å². The Bertz CT molecular complexity index is 222. The molecule has 0 heterocycles. The van der Waals surface area contributed by atoms with E-state index in [-0.39, 0.29) is 5.54 Å². The molecule has 1 N–H and O–H groups in total. The van der Waals surface area contributed by atoms with Crippen molar-refractivity contribution in [2.75, 3.05) is 6.54 Å². The van der Waals surface area contributed by atoms with Gasteiger partial charge >= 0.3 is 0 Å². The molecule has 0 aromatic carbocycles. The molecule has 0 amide bonds. The van der Waals surface area contributed by atoms with E-state index in [1.54, 1.807) is 0 Å². The Hall–Kier alpha value is -0.180. The van der Waals surface area contributed by atoms with Gasteiger partial charge in [-0.05, 0) is 38.6 Å². The first-order chi connectivity index (χ1) is 6.29. The van der Waals surface area contributed by atoms with Crippen LogP contribution in [0.2, 0.25) is 0 Å². The van der Waals surface area contributed by atoms with Crippen LogP contribution >= 0.6 is 0 Å². The second-order valence-corrected chi connectivity index (χ2v) is 5.75. The summed E-state index contributed by atoms with van der Waals surface area (Å²) >= 11 is 0. The van der Waals surface area contributed by atoms with E-state index < -0.39 is 11.3 Å². The summed E-state index contributed by atoms with van der Waals surface area (Å²) in [6.07, 6.45) is 2.03. The van der Waals surface area contributed by atoms with Crippen molar-refractivity contribution in [3.63, 3.8) is 0 Å². The van der Waals surface area contributed by atoms with Crippen LogP contribution < -0.4 is 5.32 Å². The normalized spacial score (nSPS) is 40.7. The van der Waals surface area contributed by atoms with Gasteiger partial charge in [0.2, 0.25) is 0 Å². The number of hydrogen-bond donors (Lipinski definition) is 1. The summed E-state index contributed by atoms with van der Waals surface area (Å²) < 4.78 is 26.3. The van der Waals surface area contributed by atoms with Crippen molar-refractivity contribution in [1.29, 1.82) is 0 Å². The Labute approximate surface area is 84.3 Å². The molecular weight excluding hydrogens is 184 g/mol. The van der Waals surface area contributed by atoms with Crippen molar-refractivity contribution in [3.05, 3.63) is 0 Å². The minimum Gasteiger partial charge on any atom is -0.311 e. The van der Waals surface area contributed by atoms with Gasteiger partial charge in [-0.3, -0.25) is 0 Å². The molecule has 82 valence electrons. The van der Waals surface area contributed by atoms with Gasteiger partial charge in [0, 0.05) is 11.0 Å². The third-order valence-corrected chi connectivity index (χ3v) is 3.85. The monoisotopic (exact) mass is 203 g/mol. The highest BCUT2D eigenvalue weighted by atomic mass is 19.3. The first kappa shape index (κ1) is 10.3. The molecule has 3 saturated carbocycles. The van der Waals surface area contributed by atoms with E-state index in [4.69, 9.17) is 0 Å². The molecule has 0 aromatic rings. The zero-order chi connectivity index (χ0) is 10.6. The van der Waals surface area contributed by atoms with Crippen molar-refractivity contribution in [1.82, 2.24) is 5.32 Å². The van der Waals surface area contributed by atoms with Gasteiger partial charge < -0.3 is 5.32 Å². The number of hydrogen-bond acceptors (Lipinski definition) is 1. The first-order valence-electron chi connectivity index (χ1n) is 5.42. The van der Waals surface area contributed by atoms with E-state index in [0.717, 1.165) is 13.5 Å². The minimum atomic E-state index is -2.48. The van der Waals surface area contributed by atoms with Crippen LogP contribution in [0.25, 0.3) is 0 Å². The molecule has 0 unspecified atom stereocenters. The molecule has 3 aliphatic carbocycles. The van der Waals surface area contributed by atoms with E-state index in [9.17, 15) is 8.78 Å². The molecule has 0 spiro atoms. The molecule has 3 heteroatoms. The molecule has 0 radical (unpaired) electrons. The predicted molar refractivity (Wildman–Crippen MR) is 52.5 cm³/mol. The largest absolute Gasteiger partial charge is 0.311 e. The van der Waals surface area contributed by atoms with Gasteiger partial charge in [0.25, 0.3) is 5.92 Å². The molecule has 2 bridgehead atoms. The van der Waals surface area contributed by atoms with Crippen molar-refractivity contribution >= 4 is 0 Å². The molecule has 0 aromatic heterocycles. The van der Waals surface area contributed by atoms with Crippen LogP contribution in [0.3, 0.4) is 0 Å². The van der Waals surface area contributed by atoms with Gasteiger partial charge in [-0.2, -0.15) is 0 Å². The average molecular weight is 203 g/mol. The number of rotatable bonds is 4. The molecule has 0 saturated heterocycles. The number of nitrogens with one attached hydrogen (secondary N) is 1. The maximum atomic E-state index is 13.1. The number of alkyl halides is 2. The van der Waals surface area contributed by atoms with Gasteiger partial charge in [0.05, 0.1) is 0 Å². The SMILES string of the molecule is CC(C)CNC12CC(C(C)(F)F)(C1)C2. The van der Waals surface area contributed by atoms with Crippen LogP contribution in [-0.2, 0) is 0 Å². The van der Waals surface area contributed by atoms with E-state index in [1.807, 2.05) is 0 Å². The highest BCUT2D eigenvalue weighted by Crippen LogP contribution is 2.72. The highest BCUT2D eigenvalue weighted by Gasteiger charge is 2.75. The summed E-state index contributed by atoms with van der Waals surface area (Å²) in [6.45, 7) is 6.30. The quantitative estimate of drug-likeness (QED) is 0.740. The first-order valence-corrected chi connectivity index (χ1v) is 5.42. The van der Waals surface area contributed by atoms with Crippen LogP contribution in [0, 0.1) is 11.3 Å². The summed E-state index contributed by atoms with van der Waals surface area (Å²) in [5.41, 5.74) is -0.555. The molecule has 3 rings (SSSR count). The maximum absolute atomic E-state index is 13.1. The van der Waals surface area contributed by atoms with Crippen molar-refractivity contribution in [2.24, 2.45) is 11.3 Å². The highest BCUT2D eigenvalue weighted by molar-refractivity contribution is 5.26. The topological polar surface area (TPSA) is 12.0 Å². The summed E-state index contributed by atoms with van der Waals surface area (Å²) in [6, 6.07) is 0. The molecule has 0 atom stereocenters. The minimum absolute atomic E-state index is 0.0870. The van der Waals surface area contributed by atoms with Crippen LogP contribution in [-0.4, -0.2) is 18.0 Å². The van der Waals surface area contributed by atoms with E-state index >= 15 is 0 Å². The van der Waals surface area contributed by atoms with E-state index in [1.165, 1.54) is 0 Å². The standard InChI is InChI=1S/C11H19F2N/c1-8(2)4-14-11-5-10(6-11,7-11)9(3,12)13/h8,14H,4-7H2,1-3H3. The fourth-order valence-electron chi connectivity index (χ4n) is 2.86. The lowest BCUT2D eigenvalue weighted by atomic mass is 9.37. The Morgan fingerprint density at radius 1 is 1.29 bits per heavy atom. The van der Waals surface area contributed by atoms with E-state index in [2.05, 4.69) is 19.2 Å². The van der Waals surface area contributed by atoms with Gasteiger partial charge in [0.15, 0.2) is 0 Å². The van der Waals surface area contributed by atoms with Gasteiger partial charge in [-0.25, -0.2) is 8.78 Å². The van der Waals surface area contributed by atoms with Crippen LogP contribution in [0.15, 0.2) is 0 Å². The summed E-state index contributed by atoms with van der Waals surface area (Å²) in [5.74, 6) is -1.88. The Morgan fingerprint density at radius 3 is 2.14 bits per heavy atom. The van der Waals surface area contributed by atoms with Crippen LogP contribution in [0.5, 0.6) is 0 Å².